The smallest absolute Gasteiger partial charge is 0.274 e. The van der Waals surface area contributed by atoms with Crippen LogP contribution in [0.5, 0.6) is 0 Å². The van der Waals surface area contributed by atoms with Crippen LogP contribution in [-0.4, -0.2) is 182 Å². The third kappa shape index (κ3) is 24.3. The first-order chi connectivity index (χ1) is 70.8. The van der Waals surface area contributed by atoms with Crippen molar-refractivity contribution in [3.63, 3.8) is 0 Å². The molecule has 18 aromatic rings. The first-order valence-corrected chi connectivity index (χ1v) is 56.8. The van der Waals surface area contributed by atoms with Gasteiger partial charge in [0.15, 0.2) is 0 Å². The highest BCUT2D eigenvalue weighted by atomic mass is 35.5. The van der Waals surface area contributed by atoms with E-state index < -0.39 is 10.0 Å². The lowest BCUT2D eigenvalue weighted by molar-refractivity contribution is -0.0882. The molecule has 0 aliphatic carbocycles. The second-order valence-corrected chi connectivity index (χ2v) is 47.4. The van der Waals surface area contributed by atoms with Gasteiger partial charge in [0.2, 0.25) is 10.0 Å². The van der Waals surface area contributed by atoms with E-state index >= 15 is 0 Å². The second kappa shape index (κ2) is 46.9. The minimum atomic E-state index is -3.44. The number of likely N-dealkylation sites (tertiary alicyclic amines) is 4. The molecule has 6 saturated heterocycles. The van der Waals surface area contributed by atoms with Gasteiger partial charge in [0.25, 0.3) is 33.4 Å². The molecule has 12 aromatic heterocycles. The number of hydrogen-bond donors (Lipinski definition) is 0. The summed E-state index contributed by atoms with van der Waals surface area (Å²) in [5.74, 6) is 1.41. The van der Waals surface area contributed by atoms with Crippen LogP contribution in [0.25, 0.3) is 95.4 Å². The standard InChI is InChI=1S/C20H22ClN3OS.C19H20ClN3O2S.C18H18ClN3OS.C18H19N3OS.C17H16ClN3OS.C16H15N3O3S2/c1-13-8-14(2)11-23(10-13)12-15-9-16(5-6-18(15)21)24-20(25)17-4-3-7-22-19(17)26-24;1-19(2)12-22(8-9-25-19)11-13-10-14(5-6-16(13)20)23-18(24)15-4-3-7-21-17(15)26-23;19-16-7-6-14(11-13(16)12-21-9-2-1-3-10-21)22-18(23)15-5-4-8-20-17(15)24-22;22-18-16-8-5-9-19-17(16)23-21(18)15-7-4-6-14(12-15)13-20-10-2-1-3-11-20;18-15-6-5-13(10-12(15)11-20-8-1-2-9-20)21-17(22)14-4-3-7-19-16(14)23-21;20-16-14-4-3-9-17-15(14)23-19(16)12-5-7-13(8-6-12)24(21,22)18-10-1-2-11-18/h3-7,9,13-14H,8,10-12H2,1-2H3;3-7,10H,8-9,11-12H2,1-2H3;4-8,11H,1-3,9-10,12H2;4-9,12H,1-3,10-11,13H2;3-7,10H,1-2,8-9,11H2;3-9H,1-2,10-11H2. The minimum Gasteiger partial charge on any atom is -0.373 e. The van der Waals surface area contributed by atoms with E-state index in [9.17, 15) is 37.2 Å². The summed E-state index contributed by atoms with van der Waals surface area (Å²) in [5, 5.41) is 6.87. The van der Waals surface area contributed by atoms with E-state index in [1.54, 1.807) is 118 Å². The van der Waals surface area contributed by atoms with Crippen LogP contribution in [-0.2, 0) is 47.5 Å². The van der Waals surface area contributed by atoms with Crippen molar-refractivity contribution in [1.29, 1.82) is 0 Å². The fourth-order valence-corrected chi connectivity index (χ4v) is 27.5. The fraction of sp³-hybridized carbons (Fsp3) is 0.333. The Morgan fingerprint density at radius 3 is 0.938 bits per heavy atom. The zero-order valence-electron chi connectivity index (χ0n) is 81.2. The van der Waals surface area contributed by atoms with Crippen molar-refractivity contribution in [1.82, 2.24) is 82.4 Å². The molecule has 18 heterocycles. The van der Waals surface area contributed by atoms with Crippen LogP contribution >= 0.6 is 116 Å². The lowest BCUT2D eigenvalue weighted by Gasteiger charge is -2.38. The highest BCUT2D eigenvalue weighted by Crippen LogP contribution is 2.35. The first-order valence-electron chi connectivity index (χ1n) is 49.2. The number of nitrogens with zero attached hydrogens (tertiary/aromatic N) is 18. The van der Waals surface area contributed by atoms with E-state index in [0.717, 1.165) is 188 Å². The number of piperidine rings is 3. The SMILES string of the molecule is CC1(C)CN(Cc2cc(-n3sc4ncccc4c3=O)ccc2Cl)CCO1.CC1CC(C)CN(Cc2cc(-n3sc4ncccc4c3=O)ccc2Cl)C1.O=c1c2cccnc2sn1-c1ccc(Cl)c(CN2CCCC2)c1.O=c1c2cccnc2sn1-c1ccc(Cl)c(CN2CCCCC2)c1.O=c1c2cccnc2sn1-c1ccc(S(=O)(=O)N2CCCC2)cc1.O=c1c2cccnc2sn1-c1cccc(CN2CCCCC2)c1. The minimum absolute atomic E-state index is 0.0191. The summed E-state index contributed by atoms with van der Waals surface area (Å²) in [6.45, 7) is 25.6. The third-order valence-electron chi connectivity index (χ3n) is 26.7. The lowest BCUT2D eigenvalue weighted by Crippen LogP contribution is -2.47. The van der Waals surface area contributed by atoms with Gasteiger partial charge in [-0.3, -0.25) is 53.3 Å². The molecule has 0 saturated carbocycles. The van der Waals surface area contributed by atoms with Gasteiger partial charge in [-0.05, 0) is 402 Å². The third-order valence-corrected chi connectivity index (χ3v) is 36.4. The van der Waals surface area contributed by atoms with Crippen LogP contribution in [0.15, 0.2) is 265 Å². The van der Waals surface area contributed by atoms with Crippen LogP contribution in [0, 0.1) is 11.8 Å². The predicted octanol–water partition coefficient (Wildman–Crippen LogP) is 21.7. The summed E-state index contributed by atoms with van der Waals surface area (Å²) >= 11 is 33.8. The normalized spacial score (nSPS) is 17.2. The van der Waals surface area contributed by atoms with E-state index in [4.69, 9.17) is 51.1 Å². The number of pyridine rings is 6. The Hall–Kier alpha value is -10.8. The average Bonchev–Trinajstić information content (AvgIpc) is 1.64. The van der Waals surface area contributed by atoms with Crippen molar-refractivity contribution in [2.75, 3.05) is 85.1 Å². The molecule has 756 valence electrons. The van der Waals surface area contributed by atoms with Gasteiger partial charge >= 0.3 is 0 Å². The van der Waals surface area contributed by atoms with Gasteiger partial charge in [-0.25, -0.2) is 62.1 Å². The van der Waals surface area contributed by atoms with E-state index in [-0.39, 0.29) is 43.9 Å². The Morgan fingerprint density at radius 2 is 0.610 bits per heavy atom. The van der Waals surface area contributed by atoms with Gasteiger partial charge in [0.1, 0.15) is 29.0 Å². The highest BCUT2D eigenvalue weighted by molar-refractivity contribution is 7.89. The van der Waals surface area contributed by atoms with Gasteiger partial charge in [-0.1, -0.05) is 85.2 Å². The number of halogens is 4. The number of benzene rings is 6. The number of hydrogen-bond acceptors (Lipinski definition) is 26. The fourth-order valence-electron chi connectivity index (χ4n) is 19.6. The molecule has 0 amide bonds. The van der Waals surface area contributed by atoms with Crippen LogP contribution < -0.4 is 33.4 Å². The zero-order valence-corrected chi connectivity index (χ0v) is 89.9. The van der Waals surface area contributed by atoms with Gasteiger partial charge in [-0.2, -0.15) is 4.31 Å². The Balaban J connectivity index is 0.000000111. The molecule has 0 radical (unpaired) electrons. The summed E-state index contributed by atoms with van der Waals surface area (Å²) in [4.78, 5) is 118. The molecule has 0 bridgehead atoms. The molecule has 6 aliphatic heterocycles. The summed E-state index contributed by atoms with van der Waals surface area (Å²) < 4.78 is 42.4. The van der Waals surface area contributed by atoms with Crippen molar-refractivity contribution in [2.45, 2.75) is 142 Å². The number of ether oxygens (including phenoxy) is 1. The van der Waals surface area contributed by atoms with Gasteiger partial charge < -0.3 is 4.74 Å². The number of fused-ring (bicyclic) bond motifs is 6. The Kier molecular flexibility index (Phi) is 33.4. The van der Waals surface area contributed by atoms with Crippen LogP contribution in [0.2, 0.25) is 20.1 Å². The quantitative estimate of drug-likeness (QED) is 0.0772. The van der Waals surface area contributed by atoms with Gasteiger partial charge in [-0.15, -0.1) is 0 Å². The first kappa shape index (κ1) is 104. The molecule has 0 N–H and O–H groups in total. The molecule has 27 nitrogen and oxygen atoms in total. The lowest BCUT2D eigenvalue weighted by atomic mass is 9.91. The maximum atomic E-state index is 12.7. The van der Waals surface area contributed by atoms with Crippen molar-refractivity contribution in [3.05, 3.63) is 341 Å². The molecule has 2 unspecified atom stereocenters. The second-order valence-electron chi connectivity index (χ2n) is 38.3. The highest BCUT2D eigenvalue weighted by Gasteiger charge is 2.31. The maximum absolute atomic E-state index is 12.7. The van der Waals surface area contributed by atoms with E-state index in [0.29, 0.717) is 79.4 Å². The summed E-state index contributed by atoms with van der Waals surface area (Å²) in [7, 11) is -3.44. The van der Waals surface area contributed by atoms with Crippen molar-refractivity contribution in [2.24, 2.45) is 11.8 Å². The van der Waals surface area contributed by atoms with E-state index in [1.165, 1.54) is 154 Å². The molecule has 0 spiro atoms. The van der Waals surface area contributed by atoms with Crippen molar-refractivity contribution in [3.8, 4) is 34.1 Å². The van der Waals surface area contributed by atoms with Gasteiger partial charge in [0, 0.05) is 129 Å². The number of morpholine rings is 1. The maximum Gasteiger partial charge on any atom is 0.274 e. The molecular formula is C108H110Cl4N18O9S7. The van der Waals surface area contributed by atoms with E-state index in [1.807, 2.05) is 121 Å². The van der Waals surface area contributed by atoms with Crippen molar-refractivity contribution >= 4 is 187 Å². The summed E-state index contributed by atoms with van der Waals surface area (Å²) in [6.07, 6.45) is 23.6. The summed E-state index contributed by atoms with van der Waals surface area (Å²) in [6, 6.07) is 59.6. The zero-order chi connectivity index (χ0) is 101. The molecule has 6 fully saturated rings. The van der Waals surface area contributed by atoms with Crippen LogP contribution in [0.1, 0.15) is 126 Å². The monoisotopic (exact) mass is 2170 g/mol. The molecule has 24 rings (SSSR count). The number of sulfonamides is 1. The molecule has 6 aliphatic rings. The molecule has 38 heteroatoms. The largest absolute Gasteiger partial charge is 0.373 e. The number of rotatable bonds is 18. The average molecular weight is 2170 g/mol. The van der Waals surface area contributed by atoms with Crippen LogP contribution in [0.4, 0.5) is 0 Å². The Labute approximate surface area is 888 Å². The van der Waals surface area contributed by atoms with Crippen LogP contribution in [0.3, 0.4) is 0 Å². The molecule has 2 atom stereocenters. The molecule has 146 heavy (non-hydrogen) atoms. The van der Waals surface area contributed by atoms with Gasteiger partial charge in [0.05, 0.1) is 83.5 Å². The predicted molar refractivity (Wildman–Crippen MR) is 596 cm³/mol. The molecular weight excluding hydrogens is 2060 g/mol. The summed E-state index contributed by atoms with van der Waals surface area (Å²) in [5.41, 5.74) is 10.1. The molecule has 6 aromatic carbocycles. The topological polar surface area (TPSA) is 272 Å². The Bertz CT molecular complexity index is 8080. The van der Waals surface area contributed by atoms with E-state index in [2.05, 4.69) is 94.2 Å². The van der Waals surface area contributed by atoms with Crippen molar-refractivity contribution < 1.29 is 13.2 Å². The Morgan fingerprint density at radius 1 is 0.322 bits per heavy atom. The number of aromatic nitrogens is 12.